The van der Waals surface area contributed by atoms with Crippen molar-refractivity contribution >= 4 is 17.3 Å². The molecule has 0 aliphatic rings. The quantitative estimate of drug-likeness (QED) is 0.431. The predicted molar refractivity (Wildman–Crippen MR) is 112 cm³/mol. The van der Waals surface area contributed by atoms with Crippen molar-refractivity contribution < 1.29 is 18.3 Å². The minimum Gasteiger partial charge on any atom is -0.396 e. The van der Waals surface area contributed by atoms with Gasteiger partial charge in [-0.15, -0.1) is 10.2 Å². The molecule has 4 aromatic rings. The van der Waals surface area contributed by atoms with E-state index in [1.54, 1.807) is 12.1 Å². The number of hydrogen-bond acceptors (Lipinski definition) is 7. The van der Waals surface area contributed by atoms with E-state index in [0.717, 1.165) is 9.25 Å². The van der Waals surface area contributed by atoms with Crippen LogP contribution in [-0.4, -0.2) is 51.5 Å². The Hall–Kier alpha value is -3.71. The van der Waals surface area contributed by atoms with Gasteiger partial charge in [0.15, 0.2) is 23.6 Å². The molecule has 1 aromatic carbocycles. The van der Waals surface area contributed by atoms with Gasteiger partial charge in [0.25, 0.3) is 0 Å². The van der Waals surface area contributed by atoms with Crippen LogP contribution in [0, 0.1) is 0 Å². The summed E-state index contributed by atoms with van der Waals surface area (Å²) in [4.78, 5) is 21.1. The topological polar surface area (TPSA) is 130 Å². The van der Waals surface area contributed by atoms with Gasteiger partial charge in [-0.1, -0.05) is 11.6 Å². The fourth-order valence-electron chi connectivity index (χ4n) is 3.00. The molecule has 172 valence electrons. The first kappa shape index (κ1) is 22.5. The maximum absolute atomic E-state index is 13.0. The number of nitrogens with zero attached hydrogens (tertiary/aromatic N) is 7. The molecule has 0 aliphatic carbocycles. The number of hydrogen-bond donors (Lipinski definition) is 2. The number of aromatic nitrogens is 7. The Kier molecular flexibility index (Phi) is 5.91. The van der Waals surface area contributed by atoms with Crippen LogP contribution in [0.25, 0.3) is 17.2 Å². The molecule has 0 unspecified atom stereocenters. The van der Waals surface area contributed by atoms with E-state index < -0.39 is 24.5 Å². The SMILES string of the molecule is Nc1cccnc1-n1cnc(Cn2nc(-c3ccc(Cl)cc3)n(C[C@H](O)C(F)(F)F)c2=O)n1. The summed E-state index contributed by atoms with van der Waals surface area (Å²) in [6.07, 6.45) is -4.82. The van der Waals surface area contributed by atoms with Crippen molar-refractivity contribution in [2.45, 2.75) is 25.4 Å². The standard InChI is InChI=1S/C19H16ClF3N8O2/c20-12-5-3-11(4-6-12)16-28-30(18(33)29(16)8-14(32)19(21,22)23)9-15-26-10-31(27-15)17-13(24)2-1-7-25-17/h1-7,10,14,32H,8-9,24H2/t14-/m0/s1. The van der Waals surface area contributed by atoms with E-state index >= 15 is 0 Å². The maximum Gasteiger partial charge on any atom is 0.416 e. The molecule has 4 rings (SSSR count). The maximum atomic E-state index is 13.0. The summed E-state index contributed by atoms with van der Waals surface area (Å²) in [6.45, 7) is -1.28. The van der Waals surface area contributed by atoms with Gasteiger partial charge in [0.2, 0.25) is 0 Å². The highest BCUT2D eigenvalue weighted by molar-refractivity contribution is 6.30. The highest BCUT2D eigenvalue weighted by Gasteiger charge is 2.39. The third kappa shape index (κ3) is 4.73. The molecule has 0 fully saturated rings. The van der Waals surface area contributed by atoms with Crippen LogP contribution in [0.2, 0.25) is 5.02 Å². The number of halogens is 4. The van der Waals surface area contributed by atoms with E-state index in [4.69, 9.17) is 17.3 Å². The lowest BCUT2D eigenvalue weighted by atomic mass is 10.2. The van der Waals surface area contributed by atoms with Crippen molar-refractivity contribution in [3.05, 3.63) is 70.3 Å². The Bertz CT molecular complexity index is 1330. The fourth-order valence-corrected chi connectivity index (χ4v) is 3.13. The molecule has 3 heterocycles. The van der Waals surface area contributed by atoms with Gasteiger partial charge >= 0.3 is 11.9 Å². The molecule has 0 spiro atoms. The molecule has 14 heteroatoms. The first-order chi connectivity index (χ1) is 15.6. The smallest absolute Gasteiger partial charge is 0.396 e. The van der Waals surface area contributed by atoms with Crippen molar-refractivity contribution in [3.8, 4) is 17.2 Å². The number of aliphatic hydroxyl groups is 1. The third-order valence-corrected chi connectivity index (χ3v) is 4.87. The highest BCUT2D eigenvalue weighted by Crippen LogP contribution is 2.24. The van der Waals surface area contributed by atoms with Gasteiger partial charge in [0, 0.05) is 16.8 Å². The lowest BCUT2D eigenvalue weighted by molar-refractivity contribution is -0.207. The molecule has 1 atom stereocenters. The Labute approximate surface area is 188 Å². The van der Waals surface area contributed by atoms with Gasteiger partial charge in [-0.25, -0.2) is 24.1 Å². The van der Waals surface area contributed by atoms with Crippen molar-refractivity contribution in [1.29, 1.82) is 0 Å². The largest absolute Gasteiger partial charge is 0.416 e. The van der Waals surface area contributed by atoms with Crippen LogP contribution in [0.5, 0.6) is 0 Å². The summed E-state index contributed by atoms with van der Waals surface area (Å²) in [5, 5.41) is 18.3. The Morgan fingerprint density at radius 1 is 1.12 bits per heavy atom. The van der Waals surface area contributed by atoms with Gasteiger partial charge in [0.1, 0.15) is 12.9 Å². The lowest BCUT2D eigenvalue weighted by Gasteiger charge is -2.15. The van der Waals surface area contributed by atoms with Gasteiger partial charge < -0.3 is 10.8 Å². The first-order valence-corrected chi connectivity index (χ1v) is 9.81. The van der Waals surface area contributed by atoms with Crippen molar-refractivity contribution in [2.75, 3.05) is 5.73 Å². The average molecular weight is 481 g/mol. The molecule has 0 bridgehead atoms. The number of aliphatic hydroxyl groups excluding tert-OH is 1. The predicted octanol–water partition coefficient (Wildman–Crippen LogP) is 1.89. The van der Waals surface area contributed by atoms with Crippen LogP contribution in [-0.2, 0) is 13.1 Å². The van der Waals surface area contributed by atoms with E-state index in [0.29, 0.717) is 22.1 Å². The number of pyridine rings is 1. The van der Waals surface area contributed by atoms with Crippen molar-refractivity contribution in [3.63, 3.8) is 0 Å². The molecule has 33 heavy (non-hydrogen) atoms. The molecule has 0 aliphatic heterocycles. The van der Waals surface area contributed by atoms with Crippen molar-refractivity contribution in [2.24, 2.45) is 0 Å². The second-order valence-electron chi connectivity index (χ2n) is 6.96. The van der Waals surface area contributed by atoms with Gasteiger partial charge in [0.05, 0.1) is 12.2 Å². The molecular formula is C19H16ClF3N8O2. The minimum atomic E-state index is -4.91. The van der Waals surface area contributed by atoms with Crippen LogP contribution in [0.15, 0.2) is 53.7 Å². The Morgan fingerprint density at radius 3 is 2.52 bits per heavy atom. The summed E-state index contributed by atoms with van der Waals surface area (Å²) in [6, 6.07) is 9.29. The minimum absolute atomic E-state index is 0.0756. The van der Waals surface area contributed by atoms with Gasteiger partial charge in [-0.2, -0.15) is 13.2 Å². The molecular weight excluding hydrogens is 465 g/mol. The molecule has 10 nitrogen and oxygen atoms in total. The number of benzene rings is 1. The molecule has 3 N–H and O–H groups in total. The normalized spacial score (nSPS) is 12.8. The molecule has 0 saturated carbocycles. The van der Waals surface area contributed by atoms with Crippen LogP contribution in [0.3, 0.4) is 0 Å². The second-order valence-corrected chi connectivity index (χ2v) is 7.40. The van der Waals surface area contributed by atoms with E-state index in [1.807, 2.05) is 0 Å². The third-order valence-electron chi connectivity index (χ3n) is 4.62. The summed E-state index contributed by atoms with van der Waals surface area (Å²) < 4.78 is 41.8. The van der Waals surface area contributed by atoms with E-state index in [2.05, 4.69) is 20.2 Å². The first-order valence-electron chi connectivity index (χ1n) is 9.43. The zero-order chi connectivity index (χ0) is 23.8. The molecule has 0 amide bonds. The molecule has 3 aromatic heterocycles. The van der Waals surface area contributed by atoms with Crippen LogP contribution >= 0.6 is 11.6 Å². The fraction of sp³-hybridized carbons (Fsp3) is 0.211. The summed E-state index contributed by atoms with van der Waals surface area (Å²) in [7, 11) is 0. The molecule has 0 radical (unpaired) electrons. The monoisotopic (exact) mass is 480 g/mol. The van der Waals surface area contributed by atoms with Crippen LogP contribution in [0.1, 0.15) is 5.82 Å². The van der Waals surface area contributed by atoms with Gasteiger partial charge in [-0.3, -0.25) is 4.57 Å². The zero-order valence-electron chi connectivity index (χ0n) is 16.7. The number of alkyl halides is 3. The van der Waals surface area contributed by atoms with Crippen LogP contribution < -0.4 is 11.4 Å². The Balaban J connectivity index is 1.71. The highest BCUT2D eigenvalue weighted by atomic mass is 35.5. The number of anilines is 1. The number of nitrogens with two attached hydrogens (primary N) is 1. The van der Waals surface area contributed by atoms with E-state index in [1.165, 1.54) is 41.5 Å². The number of nitrogen functional groups attached to an aromatic ring is 1. The van der Waals surface area contributed by atoms with E-state index in [-0.39, 0.29) is 18.2 Å². The number of rotatable bonds is 6. The molecule has 0 saturated heterocycles. The summed E-state index contributed by atoms with van der Waals surface area (Å²) in [5.41, 5.74) is 5.68. The zero-order valence-corrected chi connectivity index (χ0v) is 17.4. The summed E-state index contributed by atoms with van der Waals surface area (Å²) >= 11 is 5.88. The van der Waals surface area contributed by atoms with Gasteiger partial charge in [-0.05, 0) is 36.4 Å². The average Bonchev–Trinajstić information content (AvgIpc) is 3.34. The second kappa shape index (κ2) is 8.67. The van der Waals surface area contributed by atoms with Crippen molar-refractivity contribution in [1.82, 2.24) is 34.1 Å². The summed E-state index contributed by atoms with van der Waals surface area (Å²) in [5.74, 6) is 0.392. The van der Waals surface area contributed by atoms with Crippen LogP contribution in [0.4, 0.5) is 18.9 Å². The Morgan fingerprint density at radius 2 is 1.85 bits per heavy atom. The van der Waals surface area contributed by atoms with E-state index in [9.17, 15) is 23.1 Å². The lowest BCUT2D eigenvalue weighted by Crippen LogP contribution is -2.37.